The first-order chi connectivity index (χ1) is 11.8. The minimum atomic E-state index is 0.0258. The summed E-state index contributed by atoms with van der Waals surface area (Å²) in [6, 6.07) is 0. The maximum absolute atomic E-state index is 12.6. The predicted molar refractivity (Wildman–Crippen MR) is 97.4 cm³/mol. The number of hydrogen-bond acceptors (Lipinski definition) is 3. The zero-order valence-electron chi connectivity index (χ0n) is 15.7. The number of carbonyl (C=O) groups is 1. The Balaban J connectivity index is 1.74. The number of allylic oxidation sites excluding steroid dienone is 6. The van der Waals surface area contributed by atoms with Crippen molar-refractivity contribution in [3.8, 4) is 0 Å². The SMILES string of the molecule is CC1=CC[C@H]2C(C)(C)CCC[C@]2(C)[C@H]1/C=C1\C=C2OCOC2=CC1=O. The molecule has 3 aliphatic carbocycles. The van der Waals surface area contributed by atoms with Gasteiger partial charge in [0.15, 0.2) is 17.3 Å². The molecule has 0 radical (unpaired) electrons. The van der Waals surface area contributed by atoms with E-state index >= 15 is 0 Å². The van der Waals surface area contributed by atoms with Crippen LogP contribution in [0.5, 0.6) is 0 Å². The van der Waals surface area contributed by atoms with Crippen molar-refractivity contribution in [3.05, 3.63) is 47.0 Å². The summed E-state index contributed by atoms with van der Waals surface area (Å²) in [6.45, 7) is 9.70. The number of hydrogen-bond donors (Lipinski definition) is 0. The van der Waals surface area contributed by atoms with Crippen molar-refractivity contribution in [2.45, 2.75) is 53.4 Å². The van der Waals surface area contributed by atoms with Crippen molar-refractivity contribution in [2.75, 3.05) is 6.79 Å². The van der Waals surface area contributed by atoms with Crippen LogP contribution in [0.15, 0.2) is 47.0 Å². The van der Waals surface area contributed by atoms with Gasteiger partial charge in [-0.1, -0.05) is 44.9 Å². The zero-order chi connectivity index (χ0) is 17.8. The van der Waals surface area contributed by atoms with Gasteiger partial charge < -0.3 is 9.47 Å². The molecule has 0 N–H and O–H groups in total. The van der Waals surface area contributed by atoms with E-state index in [4.69, 9.17) is 9.47 Å². The van der Waals surface area contributed by atoms with Crippen LogP contribution in [0.3, 0.4) is 0 Å². The highest BCUT2D eigenvalue weighted by molar-refractivity contribution is 6.08. The Morgan fingerprint density at radius 3 is 2.60 bits per heavy atom. The van der Waals surface area contributed by atoms with Gasteiger partial charge in [0, 0.05) is 17.6 Å². The first-order valence-corrected chi connectivity index (χ1v) is 9.43. The average Bonchev–Trinajstić information content (AvgIpc) is 2.97. The normalized spacial score (nSPS) is 38.0. The van der Waals surface area contributed by atoms with E-state index in [1.807, 2.05) is 6.08 Å². The monoisotopic (exact) mass is 340 g/mol. The summed E-state index contributed by atoms with van der Waals surface area (Å²) in [6.07, 6.45) is 13.0. The minimum Gasteiger partial charge on any atom is -0.454 e. The standard InChI is InChI=1S/C22H28O3/c1-14-6-7-20-21(2,3)8-5-9-22(20,4)16(14)10-15-11-18-19(12-17(15)23)25-13-24-18/h6,10-12,16,20H,5,7-9,13H2,1-4H3/b15-10+/t16-,20-,22+/m0/s1. The van der Waals surface area contributed by atoms with E-state index < -0.39 is 0 Å². The van der Waals surface area contributed by atoms with Crippen LogP contribution in [0.2, 0.25) is 0 Å². The molecule has 0 spiro atoms. The Labute approximate surface area is 150 Å². The molecule has 0 bridgehead atoms. The van der Waals surface area contributed by atoms with Crippen LogP contribution in [0, 0.1) is 22.7 Å². The number of carbonyl (C=O) groups excluding carboxylic acids is 1. The van der Waals surface area contributed by atoms with Gasteiger partial charge >= 0.3 is 0 Å². The molecule has 3 atom stereocenters. The molecule has 3 heteroatoms. The van der Waals surface area contributed by atoms with Crippen molar-refractivity contribution in [3.63, 3.8) is 0 Å². The van der Waals surface area contributed by atoms with E-state index in [-0.39, 0.29) is 18.0 Å². The third kappa shape index (κ3) is 2.59. The molecule has 25 heavy (non-hydrogen) atoms. The van der Waals surface area contributed by atoms with E-state index in [1.165, 1.54) is 24.8 Å². The highest BCUT2D eigenvalue weighted by atomic mass is 16.7. The molecule has 0 aromatic heterocycles. The Hall–Kier alpha value is -1.77. The average molecular weight is 340 g/mol. The molecule has 0 aromatic carbocycles. The molecule has 1 heterocycles. The summed E-state index contributed by atoms with van der Waals surface area (Å²) in [4.78, 5) is 12.6. The Bertz CT molecular complexity index is 734. The largest absolute Gasteiger partial charge is 0.454 e. The molecule has 0 aromatic rings. The van der Waals surface area contributed by atoms with Gasteiger partial charge in [-0.2, -0.15) is 0 Å². The topological polar surface area (TPSA) is 35.5 Å². The second-order valence-corrected chi connectivity index (χ2v) is 8.97. The van der Waals surface area contributed by atoms with Crippen LogP contribution in [0.1, 0.15) is 53.4 Å². The maximum atomic E-state index is 12.6. The predicted octanol–water partition coefficient (Wildman–Crippen LogP) is 5.07. The lowest BCUT2D eigenvalue weighted by molar-refractivity contribution is -0.111. The second kappa shape index (κ2) is 5.62. The fourth-order valence-electron chi connectivity index (χ4n) is 5.65. The number of rotatable bonds is 1. The molecule has 1 aliphatic heterocycles. The van der Waals surface area contributed by atoms with Gasteiger partial charge in [0.2, 0.25) is 6.79 Å². The fraction of sp³-hybridized carbons (Fsp3) is 0.591. The molecule has 134 valence electrons. The van der Waals surface area contributed by atoms with Gasteiger partial charge in [0.1, 0.15) is 0 Å². The van der Waals surface area contributed by atoms with E-state index in [0.29, 0.717) is 28.8 Å². The van der Waals surface area contributed by atoms with E-state index in [9.17, 15) is 4.79 Å². The second-order valence-electron chi connectivity index (χ2n) is 8.97. The van der Waals surface area contributed by atoms with Crippen LogP contribution in [0.4, 0.5) is 0 Å². The third-order valence-corrected chi connectivity index (χ3v) is 7.00. The van der Waals surface area contributed by atoms with E-state index in [1.54, 1.807) is 6.08 Å². The van der Waals surface area contributed by atoms with Crippen LogP contribution in [-0.4, -0.2) is 12.6 Å². The highest BCUT2D eigenvalue weighted by Gasteiger charge is 2.51. The van der Waals surface area contributed by atoms with Crippen molar-refractivity contribution in [1.82, 2.24) is 0 Å². The van der Waals surface area contributed by atoms with Crippen LogP contribution >= 0.6 is 0 Å². The molecule has 1 saturated carbocycles. The molecule has 0 unspecified atom stereocenters. The quantitative estimate of drug-likeness (QED) is 0.494. The molecule has 2 fully saturated rings. The molecule has 4 rings (SSSR count). The molecule has 1 saturated heterocycles. The molecule has 3 nitrogen and oxygen atoms in total. The number of fused-ring (bicyclic) bond motifs is 2. The summed E-state index contributed by atoms with van der Waals surface area (Å²) in [5, 5.41) is 0. The van der Waals surface area contributed by atoms with Gasteiger partial charge in [0.25, 0.3) is 0 Å². The zero-order valence-corrected chi connectivity index (χ0v) is 15.7. The Morgan fingerprint density at radius 1 is 1.12 bits per heavy atom. The van der Waals surface area contributed by atoms with Gasteiger partial charge in [-0.05, 0) is 49.0 Å². The third-order valence-electron chi connectivity index (χ3n) is 7.00. The van der Waals surface area contributed by atoms with Crippen LogP contribution in [0.25, 0.3) is 0 Å². The molecular weight excluding hydrogens is 312 g/mol. The summed E-state index contributed by atoms with van der Waals surface area (Å²) < 4.78 is 10.8. The highest BCUT2D eigenvalue weighted by Crippen LogP contribution is 2.60. The molecular formula is C22H28O3. The summed E-state index contributed by atoms with van der Waals surface area (Å²) >= 11 is 0. The number of ether oxygens (including phenoxy) is 2. The van der Waals surface area contributed by atoms with E-state index in [0.717, 1.165) is 12.0 Å². The summed E-state index contributed by atoms with van der Waals surface area (Å²) in [7, 11) is 0. The summed E-state index contributed by atoms with van der Waals surface area (Å²) in [5.74, 6) is 2.24. The lowest BCUT2D eigenvalue weighted by atomic mass is 9.48. The van der Waals surface area contributed by atoms with E-state index in [2.05, 4.69) is 39.8 Å². The Kier molecular flexibility index (Phi) is 3.75. The minimum absolute atomic E-state index is 0.0258. The van der Waals surface area contributed by atoms with Gasteiger partial charge in [-0.15, -0.1) is 0 Å². The smallest absolute Gasteiger partial charge is 0.231 e. The first kappa shape index (κ1) is 16.7. The van der Waals surface area contributed by atoms with Crippen molar-refractivity contribution < 1.29 is 14.3 Å². The Morgan fingerprint density at radius 2 is 1.84 bits per heavy atom. The van der Waals surface area contributed by atoms with Crippen molar-refractivity contribution in [2.24, 2.45) is 22.7 Å². The van der Waals surface area contributed by atoms with Crippen LogP contribution in [-0.2, 0) is 14.3 Å². The number of ketones is 1. The van der Waals surface area contributed by atoms with Gasteiger partial charge in [-0.3, -0.25) is 4.79 Å². The van der Waals surface area contributed by atoms with Gasteiger partial charge in [0.05, 0.1) is 0 Å². The van der Waals surface area contributed by atoms with Crippen LogP contribution < -0.4 is 0 Å². The summed E-state index contributed by atoms with van der Waals surface area (Å²) in [5.41, 5.74) is 2.70. The molecule has 4 aliphatic rings. The maximum Gasteiger partial charge on any atom is 0.231 e. The lowest BCUT2D eigenvalue weighted by Gasteiger charge is -2.56. The molecule has 0 amide bonds. The van der Waals surface area contributed by atoms with Gasteiger partial charge in [-0.25, -0.2) is 0 Å². The first-order valence-electron chi connectivity index (χ1n) is 9.43. The van der Waals surface area contributed by atoms with Crippen molar-refractivity contribution >= 4 is 5.78 Å². The lowest BCUT2D eigenvalue weighted by Crippen LogP contribution is -2.48. The fourth-order valence-corrected chi connectivity index (χ4v) is 5.65. The van der Waals surface area contributed by atoms with Crippen molar-refractivity contribution in [1.29, 1.82) is 0 Å².